The standard InChI is InChI=1S/C12H23F2NO2/c1-9-4-2-3-5-11(9)17-8-10(16)6-15-7-12(13)14/h9-12,15-16H,2-8H2,1H3. The van der Waals surface area contributed by atoms with Crippen molar-refractivity contribution in [2.75, 3.05) is 19.7 Å². The normalized spacial score (nSPS) is 27.4. The molecule has 0 aromatic rings. The van der Waals surface area contributed by atoms with Crippen molar-refractivity contribution in [3.63, 3.8) is 0 Å². The SMILES string of the molecule is CC1CCCCC1OCC(O)CNCC(F)F. The van der Waals surface area contributed by atoms with Crippen LogP contribution in [0.3, 0.4) is 0 Å². The third kappa shape index (κ3) is 6.29. The molecule has 3 unspecified atom stereocenters. The van der Waals surface area contributed by atoms with Crippen LogP contribution in [0.2, 0.25) is 0 Å². The van der Waals surface area contributed by atoms with Gasteiger partial charge in [-0.05, 0) is 18.8 Å². The molecule has 0 spiro atoms. The molecule has 0 aromatic heterocycles. The van der Waals surface area contributed by atoms with E-state index in [2.05, 4.69) is 12.2 Å². The first-order valence-electron chi connectivity index (χ1n) is 6.38. The predicted octanol–water partition coefficient (Wildman–Crippen LogP) is 1.80. The number of nitrogens with one attached hydrogen (secondary N) is 1. The van der Waals surface area contributed by atoms with Crippen molar-refractivity contribution in [2.24, 2.45) is 5.92 Å². The second kappa shape index (κ2) is 7.95. The second-order valence-corrected chi connectivity index (χ2v) is 4.84. The van der Waals surface area contributed by atoms with Gasteiger partial charge < -0.3 is 15.2 Å². The molecule has 3 atom stereocenters. The Balaban J connectivity index is 2.07. The van der Waals surface area contributed by atoms with E-state index in [1.54, 1.807) is 0 Å². The molecule has 3 nitrogen and oxygen atoms in total. The molecule has 17 heavy (non-hydrogen) atoms. The van der Waals surface area contributed by atoms with E-state index in [9.17, 15) is 13.9 Å². The summed E-state index contributed by atoms with van der Waals surface area (Å²) in [5.41, 5.74) is 0. The molecule has 1 saturated carbocycles. The van der Waals surface area contributed by atoms with Gasteiger partial charge in [-0.15, -0.1) is 0 Å². The van der Waals surface area contributed by atoms with Gasteiger partial charge in [0.25, 0.3) is 6.43 Å². The molecular weight excluding hydrogens is 228 g/mol. The summed E-state index contributed by atoms with van der Waals surface area (Å²) < 4.78 is 29.3. The molecule has 0 heterocycles. The zero-order chi connectivity index (χ0) is 12.7. The Labute approximate surface area is 102 Å². The Bertz CT molecular complexity index is 205. The maximum Gasteiger partial charge on any atom is 0.250 e. The van der Waals surface area contributed by atoms with Crippen molar-refractivity contribution < 1.29 is 18.6 Å². The van der Waals surface area contributed by atoms with Gasteiger partial charge in [-0.25, -0.2) is 8.78 Å². The summed E-state index contributed by atoms with van der Waals surface area (Å²) in [6.45, 7) is 2.17. The monoisotopic (exact) mass is 251 g/mol. The van der Waals surface area contributed by atoms with Crippen LogP contribution < -0.4 is 5.32 Å². The van der Waals surface area contributed by atoms with Crippen molar-refractivity contribution >= 4 is 0 Å². The van der Waals surface area contributed by atoms with Gasteiger partial charge in [0.2, 0.25) is 0 Å². The van der Waals surface area contributed by atoms with Crippen LogP contribution in [-0.4, -0.2) is 43.4 Å². The molecule has 0 aromatic carbocycles. The van der Waals surface area contributed by atoms with Crippen LogP contribution in [0, 0.1) is 5.92 Å². The number of alkyl halides is 2. The first-order valence-corrected chi connectivity index (χ1v) is 6.38. The molecule has 102 valence electrons. The summed E-state index contributed by atoms with van der Waals surface area (Å²) >= 11 is 0. The molecule has 0 bridgehead atoms. The summed E-state index contributed by atoms with van der Waals surface area (Å²) in [6.07, 6.45) is 1.77. The minimum atomic E-state index is -2.37. The van der Waals surface area contributed by atoms with Crippen molar-refractivity contribution in [3.8, 4) is 0 Å². The Hall–Kier alpha value is -0.260. The van der Waals surface area contributed by atoms with Crippen LogP contribution in [0.25, 0.3) is 0 Å². The lowest BCUT2D eigenvalue weighted by Crippen LogP contribution is -2.36. The summed E-state index contributed by atoms with van der Waals surface area (Å²) in [7, 11) is 0. The summed E-state index contributed by atoms with van der Waals surface area (Å²) in [5.74, 6) is 0.532. The molecule has 1 aliphatic carbocycles. The Morgan fingerprint density at radius 3 is 2.65 bits per heavy atom. The number of ether oxygens (including phenoxy) is 1. The topological polar surface area (TPSA) is 41.5 Å². The van der Waals surface area contributed by atoms with Crippen molar-refractivity contribution in [2.45, 2.75) is 51.2 Å². The second-order valence-electron chi connectivity index (χ2n) is 4.84. The number of rotatable bonds is 7. The number of aliphatic hydroxyl groups is 1. The van der Waals surface area contributed by atoms with E-state index in [1.807, 2.05) is 0 Å². The minimum Gasteiger partial charge on any atom is -0.389 e. The van der Waals surface area contributed by atoms with Gasteiger partial charge in [-0.1, -0.05) is 19.8 Å². The summed E-state index contributed by atoms with van der Waals surface area (Å²) in [5, 5.41) is 12.1. The van der Waals surface area contributed by atoms with Crippen molar-refractivity contribution in [3.05, 3.63) is 0 Å². The average molecular weight is 251 g/mol. The fraction of sp³-hybridized carbons (Fsp3) is 1.00. The fourth-order valence-corrected chi connectivity index (χ4v) is 2.18. The number of aliphatic hydroxyl groups excluding tert-OH is 1. The van der Waals surface area contributed by atoms with Gasteiger partial charge in [-0.3, -0.25) is 0 Å². The minimum absolute atomic E-state index is 0.158. The van der Waals surface area contributed by atoms with Crippen LogP contribution in [0.4, 0.5) is 8.78 Å². The van der Waals surface area contributed by atoms with Crippen molar-refractivity contribution in [1.29, 1.82) is 0 Å². The third-order valence-corrected chi connectivity index (χ3v) is 3.21. The van der Waals surface area contributed by atoms with Crippen LogP contribution in [0.5, 0.6) is 0 Å². The molecular formula is C12H23F2NO2. The largest absolute Gasteiger partial charge is 0.389 e. The Morgan fingerprint density at radius 1 is 1.29 bits per heavy atom. The highest BCUT2D eigenvalue weighted by Crippen LogP contribution is 2.26. The summed E-state index contributed by atoms with van der Waals surface area (Å²) in [6, 6.07) is 0. The molecule has 2 N–H and O–H groups in total. The van der Waals surface area contributed by atoms with Crippen LogP contribution in [-0.2, 0) is 4.74 Å². The quantitative estimate of drug-likeness (QED) is 0.725. The van der Waals surface area contributed by atoms with Gasteiger partial charge in [-0.2, -0.15) is 0 Å². The van der Waals surface area contributed by atoms with E-state index in [1.165, 1.54) is 19.3 Å². The first kappa shape index (κ1) is 14.8. The average Bonchev–Trinajstić information content (AvgIpc) is 2.27. The zero-order valence-corrected chi connectivity index (χ0v) is 10.4. The highest BCUT2D eigenvalue weighted by Gasteiger charge is 2.22. The molecule has 0 saturated heterocycles. The lowest BCUT2D eigenvalue weighted by Gasteiger charge is -2.29. The first-order chi connectivity index (χ1) is 8.09. The van der Waals surface area contributed by atoms with Gasteiger partial charge >= 0.3 is 0 Å². The fourth-order valence-electron chi connectivity index (χ4n) is 2.18. The van der Waals surface area contributed by atoms with E-state index >= 15 is 0 Å². The lowest BCUT2D eigenvalue weighted by molar-refractivity contribution is -0.0456. The van der Waals surface area contributed by atoms with Crippen LogP contribution in [0.1, 0.15) is 32.6 Å². The molecule has 0 radical (unpaired) electrons. The lowest BCUT2D eigenvalue weighted by atomic mass is 9.88. The van der Waals surface area contributed by atoms with E-state index < -0.39 is 12.5 Å². The summed E-state index contributed by atoms with van der Waals surface area (Å²) in [4.78, 5) is 0. The highest BCUT2D eigenvalue weighted by molar-refractivity contribution is 4.73. The predicted molar refractivity (Wildman–Crippen MR) is 62.3 cm³/mol. The van der Waals surface area contributed by atoms with Crippen molar-refractivity contribution in [1.82, 2.24) is 5.32 Å². The molecule has 1 fully saturated rings. The van der Waals surface area contributed by atoms with E-state index in [4.69, 9.17) is 4.74 Å². The molecule has 0 aliphatic heterocycles. The van der Waals surface area contributed by atoms with Crippen LogP contribution in [0.15, 0.2) is 0 Å². The van der Waals surface area contributed by atoms with E-state index in [0.29, 0.717) is 5.92 Å². The number of hydrogen-bond donors (Lipinski definition) is 2. The Morgan fingerprint density at radius 2 is 2.00 bits per heavy atom. The van der Waals surface area contributed by atoms with Gasteiger partial charge in [0.05, 0.1) is 25.4 Å². The maximum atomic E-state index is 11.8. The number of hydrogen-bond acceptors (Lipinski definition) is 3. The highest BCUT2D eigenvalue weighted by atomic mass is 19.3. The maximum absolute atomic E-state index is 11.8. The van der Waals surface area contributed by atoms with Gasteiger partial charge in [0.15, 0.2) is 0 Å². The molecule has 1 rings (SSSR count). The third-order valence-electron chi connectivity index (χ3n) is 3.21. The molecule has 5 heteroatoms. The zero-order valence-electron chi connectivity index (χ0n) is 10.4. The number of halogens is 2. The molecule has 1 aliphatic rings. The van der Waals surface area contributed by atoms with E-state index in [0.717, 1.165) is 6.42 Å². The van der Waals surface area contributed by atoms with Crippen LogP contribution >= 0.6 is 0 Å². The van der Waals surface area contributed by atoms with Gasteiger partial charge in [0.1, 0.15) is 0 Å². The Kier molecular flexibility index (Phi) is 6.92. The van der Waals surface area contributed by atoms with Gasteiger partial charge in [0, 0.05) is 6.54 Å². The molecule has 0 amide bonds. The van der Waals surface area contributed by atoms with E-state index in [-0.39, 0.29) is 25.8 Å². The smallest absolute Gasteiger partial charge is 0.250 e.